The van der Waals surface area contributed by atoms with Gasteiger partial charge in [0.15, 0.2) is 6.04 Å². The molecule has 2 aromatic heterocycles. The molecule has 0 unspecified atom stereocenters. The first-order valence-electron chi connectivity index (χ1n) is 11.9. The monoisotopic (exact) mass is 473 g/mol. The highest BCUT2D eigenvalue weighted by molar-refractivity contribution is 5.88. The lowest BCUT2D eigenvalue weighted by Gasteiger charge is -2.30. The maximum absolute atomic E-state index is 13.8. The Morgan fingerprint density at radius 1 is 1.06 bits per heavy atom. The van der Waals surface area contributed by atoms with Gasteiger partial charge >= 0.3 is 0 Å². The van der Waals surface area contributed by atoms with E-state index in [1.807, 2.05) is 55.5 Å². The Morgan fingerprint density at radius 2 is 1.83 bits per heavy atom. The third-order valence-electron chi connectivity index (χ3n) is 5.89. The topological polar surface area (TPSA) is 93.3 Å². The van der Waals surface area contributed by atoms with Gasteiger partial charge in [-0.1, -0.05) is 61.0 Å². The summed E-state index contributed by atoms with van der Waals surface area (Å²) in [5, 5.41) is 11.3. The van der Waals surface area contributed by atoms with Crippen molar-refractivity contribution in [2.24, 2.45) is 5.92 Å². The maximum atomic E-state index is 13.8. The number of carbonyl (C=O) groups is 2. The van der Waals surface area contributed by atoms with Crippen molar-refractivity contribution in [2.75, 3.05) is 6.54 Å². The fraction of sp³-hybridized carbons (Fsp3) is 0.333. The van der Waals surface area contributed by atoms with Crippen molar-refractivity contribution >= 4 is 22.8 Å². The van der Waals surface area contributed by atoms with Crippen molar-refractivity contribution in [1.82, 2.24) is 25.2 Å². The molecule has 0 aliphatic carbocycles. The largest absolute Gasteiger partial charge is 0.467 e. The average molecular weight is 474 g/mol. The number of para-hydroxylation sites is 1. The SMILES string of the molecule is Cc1ccc(CN(C(=O)Cn2nnc3ccccc32)[C@H](C(=O)NCCC(C)C)c2ccco2)cc1. The van der Waals surface area contributed by atoms with Crippen LogP contribution in [0.5, 0.6) is 0 Å². The minimum absolute atomic E-state index is 0.0527. The molecule has 0 aliphatic rings. The number of furan rings is 1. The Labute approximate surface area is 204 Å². The van der Waals surface area contributed by atoms with E-state index in [4.69, 9.17) is 4.42 Å². The normalized spacial score (nSPS) is 12.1. The van der Waals surface area contributed by atoms with E-state index >= 15 is 0 Å². The molecule has 0 bridgehead atoms. The number of amides is 2. The smallest absolute Gasteiger partial charge is 0.250 e. The molecule has 0 aliphatic heterocycles. The van der Waals surface area contributed by atoms with Crippen LogP contribution < -0.4 is 5.32 Å². The quantitative estimate of drug-likeness (QED) is 0.371. The van der Waals surface area contributed by atoms with Gasteiger partial charge in [0.1, 0.15) is 17.8 Å². The second-order valence-corrected chi connectivity index (χ2v) is 9.13. The number of nitrogens with zero attached hydrogens (tertiary/aromatic N) is 4. The predicted octanol–water partition coefficient (Wildman–Crippen LogP) is 4.27. The third kappa shape index (κ3) is 5.95. The van der Waals surface area contributed by atoms with Crippen LogP contribution in [0.2, 0.25) is 0 Å². The summed E-state index contributed by atoms with van der Waals surface area (Å²) in [6.45, 7) is 6.93. The van der Waals surface area contributed by atoms with Gasteiger partial charge in [0.2, 0.25) is 5.91 Å². The predicted molar refractivity (Wildman–Crippen MR) is 133 cm³/mol. The molecule has 1 atom stereocenters. The third-order valence-corrected chi connectivity index (χ3v) is 5.89. The number of hydrogen-bond acceptors (Lipinski definition) is 5. The van der Waals surface area contributed by atoms with Gasteiger partial charge in [-0.05, 0) is 49.1 Å². The highest BCUT2D eigenvalue weighted by atomic mass is 16.3. The molecule has 182 valence electrons. The lowest BCUT2D eigenvalue weighted by atomic mass is 10.1. The molecule has 1 N–H and O–H groups in total. The Hall–Kier alpha value is -3.94. The Balaban J connectivity index is 1.66. The molecule has 2 aromatic carbocycles. The van der Waals surface area contributed by atoms with E-state index < -0.39 is 6.04 Å². The summed E-state index contributed by atoms with van der Waals surface area (Å²) in [5.41, 5.74) is 3.50. The fourth-order valence-electron chi connectivity index (χ4n) is 3.92. The molecule has 0 fully saturated rings. The van der Waals surface area contributed by atoms with Crippen LogP contribution in [0.15, 0.2) is 71.3 Å². The van der Waals surface area contributed by atoms with Crippen LogP contribution in [0.4, 0.5) is 0 Å². The molecular formula is C27H31N5O3. The van der Waals surface area contributed by atoms with Gasteiger partial charge in [-0.15, -0.1) is 5.10 Å². The molecule has 35 heavy (non-hydrogen) atoms. The van der Waals surface area contributed by atoms with E-state index in [1.165, 1.54) is 6.26 Å². The summed E-state index contributed by atoms with van der Waals surface area (Å²) >= 11 is 0. The highest BCUT2D eigenvalue weighted by Gasteiger charge is 2.34. The van der Waals surface area contributed by atoms with Gasteiger partial charge in [0.05, 0.1) is 11.8 Å². The maximum Gasteiger partial charge on any atom is 0.250 e. The number of fused-ring (bicyclic) bond motifs is 1. The van der Waals surface area contributed by atoms with Crippen LogP contribution in [-0.4, -0.2) is 38.3 Å². The van der Waals surface area contributed by atoms with E-state index in [2.05, 4.69) is 29.5 Å². The number of rotatable bonds is 10. The van der Waals surface area contributed by atoms with Gasteiger partial charge in [-0.25, -0.2) is 4.68 Å². The number of aryl methyl sites for hydroxylation is 1. The van der Waals surface area contributed by atoms with Crippen molar-refractivity contribution < 1.29 is 14.0 Å². The number of carbonyl (C=O) groups excluding carboxylic acids is 2. The first-order valence-corrected chi connectivity index (χ1v) is 11.9. The number of hydrogen-bond donors (Lipinski definition) is 1. The van der Waals surface area contributed by atoms with Crippen LogP contribution in [-0.2, 0) is 22.7 Å². The zero-order valence-corrected chi connectivity index (χ0v) is 20.3. The van der Waals surface area contributed by atoms with E-state index in [1.54, 1.807) is 21.7 Å². The molecule has 2 heterocycles. The van der Waals surface area contributed by atoms with Crippen LogP contribution in [0, 0.1) is 12.8 Å². The second-order valence-electron chi connectivity index (χ2n) is 9.13. The molecule has 8 nitrogen and oxygen atoms in total. The van der Waals surface area contributed by atoms with Gasteiger partial charge in [0, 0.05) is 13.1 Å². The van der Waals surface area contributed by atoms with Gasteiger partial charge in [-0.3, -0.25) is 9.59 Å². The summed E-state index contributed by atoms with van der Waals surface area (Å²) in [6, 6.07) is 17.9. The van der Waals surface area contributed by atoms with Crippen LogP contribution in [0.3, 0.4) is 0 Å². The molecule has 4 aromatic rings. The Morgan fingerprint density at radius 3 is 2.54 bits per heavy atom. The molecule has 0 saturated carbocycles. The summed E-state index contributed by atoms with van der Waals surface area (Å²) in [5.74, 6) is 0.324. The minimum Gasteiger partial charge on any atom is -0.467 e. The fourth-order valence-corrected chi connectivity index (χ4v) is 3.92. The summed E-state index contributed by atoms with van der Waals surface area (Å²) in [6.07, 6.45) is 2.36. The van der Waals surface area contributed by atoms with E-state index in [-0.39, 0.29) is 24.9 Å². The molecular weight excluding hydrogens is 442 g/mol. The summed E-state index contributed by atoms with van der Waals surface area (Å²) in [7, 11) is 0. The van der Waals surface area contributed by atoms with E-state index in [0.717, 1.165) is 23.1 Å². The van der Waals surface area contributed by atoms with E-state index in [9.17, 15) is 9.59 Å². The Kier molecular flexibility index (Phi) is 7.60. The second kappa shape index (κ2) is 11.0. The van der Waals surface area contributed by atoms with Gasteiger partial charge < -0.3 is 14.6 Å². The summed E-state index contributed by atoms with van der Waals surface area (Å²) < 4.78 is 7.21. The number of benzene rings is 2. The summed E-state index contributed by atoms with van der Waals surface area (Å²) in [4.78, 5) is 28.8. The van der Waals surface area contributed by atoms with Gasteiger partial charge in [-0.2, -0.15) is 0 Å². The van der Waals surface area contributed by atoms with Crippen molar-refractivity contribution in [3.05, 3.63) is 83.8 Å². The Bertz CT molecular complexity index is 1260. The lowest BCUT2D eigenvalue weighted by molar-refractivity contribution is -0.143. The van der Waals surface area contributed by atoms with Crippen molar-refractivity contribution in [3.63, 3.8) is 0 Å². The van der Waals surface area contributed by atoms with Crippen LogP contribution >= 0.6 is 0 Å². The molecule has 8 heteroatoms. The molecule has 0 spiro atoms. The van der Waals surface area contributed by atoms with E-state index in [0.29, 0.717) is 23.7 Å². The first-order chi connectivity index (χ1) is 16.9. The van der Waals surface area contributed by atoms with Gasteiger partial charge in [0.25, 0.3) is 5.91 Å². The minimum atomic E-state index is -0.916. The zero-order valence-electron chi connectivity index (χ0n) is 20.3. The van der Waals surface area contributed by atoms with Crippen molar-refractivity contribution in [3.8, 4) is 0 Å². The average Bonchev–Trinajstić information content (AvgIpc) is 3.50. The number of nitrogens with one attached hydrogen (secondary N) is 1. The molecule has 0 radical (unpaired) electrons. The first kappa shape index (κ1) is 24.2. The molecule has 4 rings (SSSR count). The highest BCUT2D eigenvalue weighted by Crippen LogP contribution is 2.25. The standard InChI is InChI=1S/C27H31N5O3/c1-19(2)14-15-28-27(34)26(24-9-6-16-35-24)31(17-21-12-10-20(3)11-13-21)25(33)18-32-23-8-5-4-7-22(23)29-30-32/h4-13,16,19,26H,14-15,17-18H2,1-3H3,(H,28,34)/t26-/m0/s1. The van der Waals surface area contributed by atoms with Crippen molar-refractivity contribution in [1.29, 1.82) is 0 Å². The number of aromatic nitrogens is 3. The van der Waals surface area contributed by atoms with Crippen LogP contribution in [0.25, 0.3) is 11.0 Å². The lowest BCUT2D eigenvalue weighted by Crippen LogP contribution is -2.44. The van der Waals surface area contributed by atoms with Crippen LogP contribution in [0.1, 0.15) is 43.2 Å². The molecule has 2 amide bonds. The molecule has 0 saturated heterocycles. The zero-order chi connectivity index (χ0) is 24.8. The van der Waals surface area contributed by atoms with Crippen molar-refractivity contribution in [2.45, 2.75) is 46.3 Å².